The van der Waals surface area contributed by atoms with Crippen LogP contribution >= 0.6 is 7.82 Å². The Morgan fingerprint density at radius 3 is 1.43 bits per heavy atom. The standard InChI is InChI=1S/C48H84NO8P/c1-6-8-10-12-14-16-18-20-22-24-26-28-30-32-34-36-38-40-47(50)54-44-46(45-56-58(52,53)55-43-42-49(3,4)5)57-48(51)41-39-37-35-33-31-29-27-25-23-21-19-17-15-13-11-9-7-2/h14-17,20-23,27,29,33,35,46H,6-13,18-19,24-26,28,30-32,34,36-45H2,1-5H3/p+1/b16-14+,17-15+,22-20+,23-21+,29-27+,35-33+/t46-/m1/s1. The topological polar surface area (TPSA) is 108 Å². The number of ether oxygens (including phenoxy) is 2. The number of allylic oxidation sites excluding steroid dienone is 12. The van der Waals surface area contributed by atoms with Crippen molar-refractivity contribution in [2.45, 2.75) is 174 Å². The van der Waals surface area contributed by atoms with Crippen molar-refractivity contribution >= 4 is 19.8 Å². The lowest BCUT2D eigenvalue weighted by molar-refractivity contribution is -0.870. The third-order valence-corrected chi connectivity index (χ3v) is 10.2. The number of hydrogen-bond acceptors (Lipinski definition) is 7. The van der Waals surface area contributed by atoms with Gasteiger partial charge in [-0.25, -0.2) is 4.57 Å². The first-order valence-electron chi connectivity index (χ1n) is 22.7. The number of carbonyl (C=O) groups is 2. The predicted molar refractivity (Wildman–Crippen MR) is 242 cm³/mol. The summed E-state index contributed by atoms with van der Waals surface area (Å²) in [5, 5.41) is 0. The molecule has 2 atom stereocenters. The summed E-state index contributed by atoms with van der Waals surface area (Å²) in [6.45, 7) is 4.28. The van der Waals surface area contributed by atoms with Crippen molar-refractivity contribution in [3.8, 4) is 0 Å². The van der Waals surface area contributed by atoms with Crippen LogP contribution in [0, 0.1) is 0 Å². The van der Waals surface area contributed by atoms with Crippen molar-refractivity contribution < 1.29 is 42.1 Å². The van der Waals surface area contributed by atoms with Crippen molar-refractivity contribution in [1.82, 2.24) is 0 Å². The van der Waals surface area contributed by atoms with Gasteiger partial charge in [0.25, 0.3) is 0 Å². The molecule has 0 aliphatic carbocycles. The summed E-state index contributed by atoms with van der Waals surface area (Å²) in [5.41, 5.74) is 0. The number of phosphoric ester groups is 1. The molecule has 0 spiro atoms. The van der Waals surface area contributed by atoms with E-state index in [9.17, 15) is 19.0 Å². The monoisotopic (exact) mass is 835 g/mol. The van der Waals surface area contributed by atoms with Crippen molar-refractivity contribution in [3.05, 3.63) is 72.9 Å². The van der Waals surface area contributed by atoms with E-state index in [2.05, 4.69) is 80.7 Å². The van der Waals surface area contributed by atoms with E-state index in [1.807, 2.05) is 27.2 Å². The number of nitrogens with zero attached hydrogens (tertiary/aromatic N) is 1. The molecule has 0 aromatic carbocycles. The van der Waals surface area contributed by atoms with Crippen molar-refractivity contribution in [2.75, 3.05) is 47.5 Å². The molecule has 1 unspecified atom stereocenters. The van der Waals surface area contributed by atoms with Gasteiger partial charge in [0, 0.05) is 12.8 Å². The summed E-state index contributed by atoms with van der Waals surface area (Å²) < 4.78 is 34.2. The first-order valence-corrected chi connectivity index (χ1v) is 24.2. The first kappa shape index (κ1) is 55.5. The van der Waals surface area contributed by atoms with Crippen LogP contribution in [0.25, 0.3) is 0 Å². The van der Waals surface area contributed by atoms with Gasteiger partial charge in [0.15, 0.2) is 6.10 Å². The van der Waals surface area contributed by atoms with Gasteiger partial charge in [-0.3, -0.25) is 18.6 Å². The van der Waals surface area contributed by atoms with Crippen LogP contribution in [0.2, 0.25) is 0 Å². The van der Waals surface area contributed by atoms with Gasteiger partial charge in [0.1, 0.15) is 19.8 Å². The quantitative estimate of drug-likeness (QED) is 0.0214. The fourth-order valence-corrected chi connectivity index (χ4v) is 6.36. The lowest BCUT2D eigenvalue weighted by atomic mass is 10.1. The van der Waals surface area contributed by atoms with E-state index in [1.54, 1.807) is 0 Å². The Morgan fingerprint density at radius 1 is 0.534 bits per heavy atom. The van der Waals surface area contributed by atoms with E-state index < -0.39 is 32.5 Å². The fraction of sp³-hybridized carbons (Fsp3) is 0.708. The zero-order valence-corrected chi connectivity index (χ0v) is 38.4. The second-order valence-corrected chi connectivity index (χ2v) is 17.5. The van der Waals surface area contributed by atoms with E-state index >= 15 is 0 Å². The molecule has 0 fully saturated rings. The van der Waals surface area contributed by atoms with Gasteiger partial charge < -0.3 is 18.9 Å². The molecule has 10 heteroatoms. The lowest BCUT2D eigenvalue weighted by Gasteiger charge is -2.24. The maximum absolute atomic E-state index is 12.7. The third kappa shape index (κ3) is 43.0. The predicted octanol–water partition coefficient (Wildman–Crippen LogP) is 13.0. The Labute approximate surface area is 355 Å². The molecule has 0 aromatic rings. The van der Waals surface area contributed by atoms with Gasteiger partial charge in [-0.2, -0.15) is 0 Å². The zero-order chi connectivity index (χ0) is 42.8. The van der Waals surface area contributed by atoms with Crippen LogP contribution < -0.4 is 0 Å². The molecule has 58 heavy (non-hydrogen) atoms. The number of quaternary nitrogens is 1. The van der Waals surface area contributed by atoms with Gasteiger partial charge in [-0.05, 0) is 83.5 Å². The molecule has 0 saturated carbocycles. The van der Waals surface area contributed by atoms with Gasteiger partial charge >= 0.3 is 19.8 Å². The minimum absolute atomic E-state index is 0.0168. The van der Waals surface area contributed by atoms with Crippen LogP contribution in [0.3, 0.4) is 0 Å². The van der Waals surface area contributed by atoms with Crippen LogP contribution in [0.15, 0.2) is 72.9 Å². The number of hydrogen-bond donors (Lipinski definition) is 1. The highest BCUT2D eigenvalue weighted by molar-refractivity contribution is 7.47. The highest BCUT2D eigenvalue weighted by Crippen LogP contribution is 2.43. The summed E-state index contributed by atoms with van der Waals surface area (Å²) in [6.07, 6.45) is 49.5. The largest absolute Gasteiger partial charge is 0.472 e. The van der Waals surface area contributed by atoms with Crippen LogP contribution in [-0.2, 0) is 32.7 Å². The Bertz CT molecular complexity index is 1220. The summed E-state index contributed by atoms with van der Waals surface area (Å²) in [7, 11) is 1.43. The van der Waals surface area contributed by atoms with Crippen LogP contribution in [0.4, 0.5) is 0 Å². The minimum Gasteiger partial charge on any atom is -0.462 e. The third-order valence-electron chi connectivity index (χ3n) is 9.21. The van der Waals surface area contributed by atoms with Crippen molar-refractivity contribution in [1.29, 1.82) is 0 Å². The zero-order valence-electron chi connectivity index (χ0n) is 37.5. The highest BCUT2D eigenvalue weighted by atomic mass is 31.2. The number of likely N-dealkylation sites (N-methyl/N-ethyl adjacent to an activating group) is 1. The average Bonchev–Trinajstić information content (AvgIpc) is 3.17. The van der Waals surface area contributed by atoms with E-state index in [0.29, 0.717) is 23.9 Å². The molecule has 0 rings (SSSR count). The molecule has 1 N–H and O–H groups in total. The molecular weight excluding hydrogens is 750 g/mol. The molecule has 0 aliphatic heterocycles. The molecule has 0 bridgehead atoms. The molecule has 334 valence electrons. The van der Waals surface area contributed by atoms with E-state index in [4.69, 9.17) is 18.5 Å². The number of unbranched alkanes of at least 4 members (excludes halogenated alkanes) is 14. The summed E-state index contributed by atoms with van der Waals surface area (Å²) in [4.78, 5) is 35.4. The molecule has 9 nitrogen and oxygen atoms in total. The molecule has 0 amide bonds. The van der Waals surface area contributed by atoms with E-state index in [-0.39, 0.29) is 26.1 Å². The van der Waals surface area contributed by atoms with E-state index in [0.717, 1.165) is 57.8 Å². The number of rotatable bonds is 40. The lowest BCUT2D eigenvalue weighted by Crippen LogP contribution is -2.37. The second-order valence-electron chi connectivity index (χ2n) is 16.1. The first-order chi connectivity index (χ1) is 28.0. The maximum Gasteiger partial charge on any atom is 0.472 e. The van der Waals surface area contributed by atoms with Crippen LogP contribution in [-0.4, -0.2) is 74.9 Å². The fourth-order valence-electron chi connectivity index (χ4n) is 5.62. The summed E-state index contributed by atoms with van der Waals surface area (Å²) in [6, 6.07) is 0. The second kappa shape index (κ2) is 39.9. The Balaban J connectivity index is 4.46. The summed E-state index contributed by atoms with van der Waals surface area (Å²) >= 11 is 0. The Kier molecular flexibility index (Phi) is 38.1. The van der Waals surface area contributed by atoms with Gasteiger partial charge in [-0.1, -0.05) is 145 Å². The minimum atomic E-state index is -4.40. The molecule has 0 radical (unpaired) electrons. The molecular formula is C48H85NO8P+. The number of esters is 2. The molecule has 0 aliphatic rings. The van der Waals surface area contributed by atoms with Crippen LogP contribution in [0.5, 0.6) is 0 Å². The average molecular weight is 835 g/mol. The molecule has 0 aromatic heterocycles. The maximum atomic E-state index is 12.7. The van der Waals surface area contributed by atoms with Crippen molar-refractivity contribution in [2.24, 2.45) is 0 Å². The van der Waals surface area contributed by atoms with Gasteiger partial charge in [0.2, 0.25) is 0 Å². The SMILES string of the molecule is CCCCC/C=C/C/C=C/C/C=C/C/C=C/CCCC(=O)O[C@H](COC(=O)CCCCCCCCC/C=C/C/C=C/CCCCC)COP(=O)(O)OCC[N+](C)(C)C. The Morgan fingerprint density at radius 2 is 0.948 bits per heavy atom. The van der Waals surface area contributed by atoms with Gasteiger partial charge in [0.05, 0.1) is 27.7 Å². The normalized spacial score (nSPS) is 14.2. The van der Waals surface area contributed by atoms with E-state index in [1.165, 1.54) is 70.6 Å². The van der Waals surface area contributed by atoms with Crippen molar-refractivity contribution in [3.63, 3.8) is 0 Å². The van der Waals surface area contributed by atoms with Crippen LogP contribution in [0.1, 0.15) is 168 Å². The number of phosphoric acid groups is 1. The Hall–Kier alpha value is -2.55. The molecule has 0 heterocycles. The number of carbonyl (C=O) groups excluding carboxylic acids is 2. The van der Waals surface area contributed by atoms with Gasteiger partial charge in [-0.15, -0.1) is 0 Å². The molecule has 0 saturated heterocycles. The smallest absolute Gasteiger partial charge is 0.462 e. The summed E-state index contributed by atoms with van der Waals surface area (Å²) in [5.74, 6) is -0.879. The highest BCUT2D eigenvalue weighted by Gasteiger charge is 2.27.